The van der Waals surface area contributed by atoms with Gasteiger partial charge in [0.25, 0.3) is 5.91 Å². The lowest BCUT2D eigenvalue weighted by Gasteiger charge is -2.09. The molecule has 0 heterocycles. The standard InChI is InChI=1S/C17H16FNO4/c1-12-6-2-4-8-14(12)23-17(21)10-19-16(20)11-22-15-9-5-3-7-13(15)18/h2-9H,10-11H2,1H3,(H,19,20). The maximum Gasteiger partial charge on any atom is 0.330 e. The van der Waals surface area contributed by atoms with Crippen molar-refractivity contribution in [3.05, 3.63) is 59.9 Å². The van der Waals surface area contributed by atoms with Gasteiger partial charge in [0.15, 0.2) is 18.2 Å². The maximum atomic E-state index is 13.3. The van der Waals surface area contributed by atoms with Gasteiger partial charge in [-0.25, -0.2) is 9.18 Å². The van der Waals surface area contributed by atoms with Gasteiger partial charge in [0.1, 0.15) is 12.3 Å². The summed E-state index contributed by atoms with van der Waals surface area (Å²) in [7, 11) is 0. The first-order chi connectivity index (χ1) is 11.1. The first-order valence-electron chi connectivity index (χ1n) is 6.96. The van der Waals surface area contributed by atoms with Crippen LogP contribution in [0, 0.1) is 12.7 Å². The summed E-state index contributed by atoms with van der Waals surface area (Å²) in [6, 6.07) is 12.8. The van der Waals surface area contributed by atoms with Gasteiger partial charge in [0.2, 0.25) is 0 Å². The van der Waals surface area contributed by atoms with Crippen LogP contribution in [0.25, 0.3) is 0 Å². The van der Waals surface area contributed by atoms with Gasteiger partial charge in [-0.2, -0.15) is 0 Å². The van der Waals surface area contributed by atoms with Crippen LogP contribution in [0.15, 0.2) is 48.5 Å². The second kappa shape index (κ2) is 7.93. The number of amides is 1. The molecule has 0 unspecified atom stereocenters. The second-order valence-corrected chi connectivity index (χ2v) is 4.74. The van der Waals surface area contributed by atoms with Gasteiger partial charge in [-0.1, -0.05) is 30.3 Å². The second-order valence-electron chi connectivity index (χ2n) is 4.74. The summed E-state index contributed by atoms with van der Waals surface area (Å²) in [5, 5.41) is 2.35. The molecule has 120 valence electrons. The Hall–Kier alpha value is -2.89. The van der Waals surface area contributed by atoms with E-state index in [-0.39, 0.29) is 12.3 Å². The number of hydrogen-bond acceptors (Lipinski definition) is 4. The third-order valence-corrected chi connectivity index (χ3v) is 2.94. The molecule has 2 rings (SSSR count). The summed E-state index contributed by atoms with van der Waals surface area (Å²) >= 11 is 0. The smallest absolute Gasteiger partial charge is 0.330 e. The number of ether oxygens (including phenoxy) is 2. The minimum absolute atomic E-state index is 0.0230. The molecule has 0 aliphatic carbocycles. The zero-order valence-corrected chi connectivity index (χ0v) is 12.5. The van der Waals surface area contributed by atoms with Gasteiger partial charge in [0, 0.05) is 0 Å². The highest BCUT2D eigenvalue weighted by Gasteiger charge is 2.10. The van der Waals surface area contributed by atoms with Crippen molar-refractivity contribution in [2.75, 3.05) is 13.2 Å². The molecule has 0 aromatic heterocycles. The summed E-state index contributed by atoms with van der Waals surface area (Å²) in [5.41, 5.74) is 0.815. The number of benzene rings is 2. The molecule has 1 N–H and O–H groups in total. The van der Waals surface area contributed by atoms with Crippen LogP contribution in [-0.2, 0) is 9.59 Å². The van der Waals surface area contributed by atoms with Crippen LogP contribution < -0.4 is 14.8 Å². The summed E-state index contributed by atoms with van der Waals surface area (Å²) < 4.78 is 23.5. The number of carbonyl (C=O) groups excluding carboxylic acids is 2. The van der Waals surface area contributed by atoms with Gasteiger partial charge in [-0.3, -0.25) is 4.79 Å². The number of carbonyl (C=O) groups is 2. The number of nitrogens with one attached hydrogen (secondary N) is 1. The number of esters is 1. The van der Waals surface area contributed by atoms with E-state index in [1.807, 2.05) is 19.1 Å². The van der Waals surface area contributed by atoms with Gasteiger partial charge in [0.05, 0.1) is 0 Å². The van der Waals surface area contributed by atoms with E-state index < -0.39 is 24.3 Å². The minimum atomic E-state index is -0.599. The van der Waals surface area contributed by atoms with E-state index in [0.717, 1.165) is 5.56 Å². The fourth-order valence-electron chi connectivity index (χ4n) is 1.76. The van der Waals surface area contributed by atoms with Crippen molar-refractivity contribution in [3.8, 4) is 11.5 Å². The van der Waals surface area contributed by atoms with Crippen molar-refractivity contribution in [1.29, 1.82) is 0 Å². The molecule has 0 spiro atoms. The zero-order chi connectivity index (χ0) is 16.7. The number of halogens is 1. The van der Waals surface area contributed by atoms with E-state index in [0.29, 0.717) is 5.75 Å². The maximum absolute atomic E-state index is 13.3. The summed E-state index contributed by atoms with van der Waals surface area (Å²) in [5.74, 6) is -1.28. The molecule has 0 saturated carbocycles. The Bertz CT molecular complexity index is 702. The van der Waals surface area contributed by atoms with Crippen molar-refractivity contribution in [2.24, 2.45) is 0 Å². The van der Waals surface area contributed by atoms with Crippen molar-refractivity contribution in [2.45, 2.75) is 6.92 Å². The molecule has 6 heteroatoms. The van der Waals surface area contributed by atoms with E-state index >= 15 is 0 Å². The highest BCUT2D eigenvalue weighted by atomic mass is 19.1. The Labute approximate surface area is 133 Å². The third kappa shape index (κ3) is 5.10. The Kier molecular flexibility index (Phi) is 5.68. The molecule has 0 aliphatic heterocycles. The number of para-hydroxylation sites is 2. The van der Waals surface area contributed by atoms with Gasteiger partial charge >= 0.3 is 5.97 Å². The molecule has 0 radical (unpaired) electrons. The summed E-state index contributed by atoms with van der Waals surface area (Å²) in [6.07, 6.45) is 0. The fourth-order valence-corrected chi connectivity index (χ4v) is 1.76. The molecule has 0 bridgehead atoms. The molecule has 0 saturated heterocycles. The average Bonchev–Trinajstić information content (AvgIpc) is 2.54. The van der Waals surface area contributed by atoms with Crippen LogP contribution >= 0.6 is 0 Å². The van der Waals surface area contributed by atoms with E-state index in [1.54, 1.807) is 18.2 Å². The van der Waals surface area contributed by atoms with Crippen LogP contribution in [-0.4, -0.2) is 25.0 Å². The fraction of sp³-hybridized carbons (Fsp3) is 0.176. The van der Waals surface area contributed by atoms with Crippen molar-refractivity contribution >= 4 is 11.9 Å². The normalized spacial score (nSPS) is 10.0. The quantitative estimate of drug-likeness (QED) is 0.655. The lowest BCUT2D eigenvalue weighted by atomic mass is 10.2. The molecule has 2 aromatic rings. The summed E-state index contributed by atoms with van der Waals surface area (Å²) in [6.45, 7) is 1.12. The zero-order valence-electron chi connectivity index (χ0n) is 12.5. The predicted octanol–water partition coefficient (Wildman–Crippen LogP) is 2.23. The van der Waals surface area contributed by atoms with Crippen LogP contribution in [0.5, 0.6) is 11.5 Å². The Morgan fingerprint density at radius 3 is 2.39 bits per heavy atom. The van der Waals surface area contributed by atoms with Gasteiger partial charge in [-0.05, 0) is 30.7 Å². The highest BCUT2D eigenvalue weighted by Crippen LogP contribution is 2.16. The Morgan fingerprint density at radius 1 is 1.04 bits per heavy atom. The Morgan fingerprint density at radius 2 is 1.70 bits per heavy atom. The predicted molar refractivity (Wildman–Crippen MR) is 81.7 cm³/mol. The molecule has 1 amide bonds. The molecule has 2 aromatic carbocycles. The van der Waals surface area contributed by atoms with Crippen LogP contribution in [0.3, 0.4) is 0 Å². The topological polar surface area (TPSA) is 64.6 Å². The van der Waals surface area contributed by atoms with Crippen LogP contribution in [0.4, 0.5) is 4.39 Å². The number of aryl methyl sites for hydroxylation is 1. The van der Waals surface area contributed by atoms with Gasteiger partial charge < -0.3 is 14.8 Å². The molecule has 5 nitrogen and oxygen atoms in total. The van der Waals surface area contributed by atoms with Gasteiger partial charge in [-0.15, -0.1) is 0 Å². The largest absolute Gasteiger partial charge is 0.481 e. The minimum Gasteiger partial charge on any atom is -0.481 e. The van der Waals surface area contributed by atoms with Crippen molar-refractivity contribution in [1.82, 2.24) is 5.32 Å². The van der Waals surface area contributed by atoms with E-state index in [9.17, 15) is 14.0 Å². The molecule has 0 aliphatic rings. The molecule has 0 atom stereocenters. The van der Waals surface area contributed by atoms with Crippen LogP contribution in [0.2, 0.25) is 0 Å². The molecular weight excluding hydrogens is 301 g/mol. The van der Waals surface area contributed by atoms with Crippen LogP contribution in [0.1, 0.15) is 5.56 Å². The first-order valence-corrected chi connectivity index (χ1v) is 6.96. The number of hydrogen-bond donors (Lipinski definition) is 1. The van der Waals surface area contributed by atoms with Crippen molar-refractivity contribution in [3.63, 3.8) is 0 Å². The molecular formula is C17H16FNO4. The number of rotatable bonds is 6. The third-order valence-electron chi connectivity index (χ3n) is 2.94. The first kappa shape index (κ1) is 16.5. The lowest BCUT2D eigenvalue weighted by molar-refractivity contribution is -0.136. The monoisotopic (exact) mass is 317 g/mol. The SMILES string of the molecule is Cc1ccccc1OC(=O)CNC(=O)COc1ccccc1F. The van der Waals surface area contributed by atoms with E-state index in [2.05, 4.69) is 5.32 Å². The van der Waals surface area contributed by atoms with E-state index in [1.165, 1.54) is 18.2 Å². The van der Waals surface area contributed by atoms with Crippen molar-refractivity contribution < 1.29 is 23.5 Å². The lowest BCUT2D eigenvalue weighted by Crippen LogP contribution is -2.35. The summed E-state index contributed by atoms with van der Waals surface area (Å²) in [4.78, 5) is 23.2. The molecule has 0 fully saturated rings. The molecule has 23 heavy (non-hydrogen) atoms. The average molecular weight is 317 g/mol. The highest BCUT2D eigenvalue weighted by molar-refractivity contribution is 5.83. The Balaban J connectivity index is 1.75. The van der Waals surface area contributed by atoms with E-state index in [4.69, 9.17) is 9.47 Å².